The van der Waals surface area contributed by atoms with Crippen LogP contribution in [0.5, 0.6) is 5.75 Å². The first-order chi connectivity index (χ1) is 8.91. The molecule has 1 aliphatic heterocycles. The van der Waals surface area contributed by atoms with Crippen molar-refractivity contribution >= 4 is 0 Å². The molecule has 3 heteroatoms. The number of hydrazine groups is 1. The molecule has 0 radical (unpaired) electrons. The van der Waals surface area contributed by atoms with Crippen molar-refractivity contribution in [2.24, 2.45) is 22.6 Å². The van der Waals surface area contributed by atoms with Crippen LogP contribution in [0.3, 0.4) is 0 Å². The van der Waals surface area contributed by atoms with Crippen molar-refractivity contribution < 1.29 is 4.74 Å². The molecule has 0 amide bonds. The quantitative estimate of drug-likeness (QED) is 0.649. The molecule has 0 spiro atoms. The van der Waals surface area contributed by atoms with Crippen LogP contribution in [0.25, 0.3) is 0 Å². The SMILES string of the molecule is CC1(C)C(C(NN)c2cccc3c2OCC3)C1(C)C. The summed E-state index contributed by atoms with van der Waals surface area (Å²) in [6.45, 7) is 10.1. The molecule has 3 N–H and O–H groups in total. The molecule has 104 valence electrons. The van der Waals surface area contributed by atoms with Crippen molar-refractivity contribution in [3.05, 3.63) is 29.3 Å². The molecule has 1 aromatic rings. The number of ether oxygens (including phenoxy) is 1. The lowest BCUT2D eigenvalue weighted by atomic mass is 9.94. The molecule has 3 rings (SSSR count). The molecule has 1 atom stereocenters. The standard InChI is InChI=1S/C16H24N2O/c1-15(2)14(16(15,3)4)12(18-17)11-7-5-6-10-8-9-19-13(10)11/h5-7,12,14,18H,8-9,17H2,1-4H3. The summed E-state index contributed by atoms with van der Waals surface area (Å²) in [6, 6.07) is 6.59. The van der Waals surface area contributed by atoms with E-state index in [4.69, 9.17) is 10.6 Å². The van der Waals surface area contributed by atoms with Gasteiger partial charge >= 0.3 is 0 Å². The Labute approximate surface area is 115 Å². The predicted octanol–water partition coefficient (Wildman–Crippen LogP) is 2.81. The highest BCUT2D eigenvalue weighted by molar-refractivity contribution is 5.47. The Morgan fingerprint density at radius 2 is 1.95 bits per heavy atom. The average Bonchev–Trinajstić information content (AvgIpc) is 2.75. The molecule has 1 fully saturated rings. The fourth-order valence-electron chi connectivity index (χ4n) is 3.93. The third-order valence-corrected chi connectivity index (χ3v) is 5.73. The van der Waals surface area contributed by atoms with Gasteiger partial charge in [-0.3, -0.25) is 11.3 Å². The van der Waals surface area contributed by atoms with Crippen LogP contribution >= 0.6 is 0 Å². The van der Waals surface area contributed by atoms with E-state index in [-0.39, 0.29) is 6.04 Å². The highest BCUT2D eigenvalue weighted by atomic mass is 16.5. The number of rotatable bonds is 3. The van der Waals surface area contributed by atoms with Gasteiger partial charge in [-0.15, -0.1) is 0 Å². The molecule has 3 nitrogen and oxygen atoms in total. The summed E-state index contributed by atoms with van der Waals surface area (Å²) in [5, 5.41) is 0. The number of fused-ring (bicyclic) bond motifs is 1. The molecular weight excluding hydrogens is 236 g/mol. The second-order valence-electron chi connectivity index (χ2n) is 7.00. The molecule has 0 saturated heterocycles. The van der Waals surface area contributed by atoms with Crippen LogP contribution < -0.4 is 16.0 Å². The molecule has 2 aliphatic rings. The lowest BCUT2D eigenvalue weighted by molar-refractivity contribution is 0.338. The van der Waals surface area contributed by atoms with Crippen LogP contribution in [-0.2, 0) is 6.42 Å². The summed E-state index contributed by atoms with van der Waals surface area (Å²) in [4.78, 5) is 0. The Kier molecular flexibility index (Phi) is 2.70. The topological polar surface area (TPSA) is 47.3 Å². The van der Waals surface area contributed by atoms with Gasteiger partial charge in [0.1, 0.15) is 5.75 Å². The first-order valence-corrected chi connectivity index (χ1v) is 7.12. The second-order valence-corrected chi connectivity index (χ2v) is 7.00. The van der Waals surface area contributed by atoms with E-state index >= 15 is 0 Å². The summed E-state index contributed by atoms with van der Waals surface area (Å²) in [6.07, 6.45) is 1.01. The van der Waals surface area contributed by atoms with Crippen LogP contribution in [0.2, 0.25) is 0 Å². The Morgan fingerprint density at radius 3 is 2.53 bits per heavy atom. The fourth-order valence-corrected chi connectivity index (χ4v) is 3.93. The van der Waals surface area contributed by atoms with Crippen molar-refractivity contribution in [3.63, 3.8) is 0 Å². The Bertz CT molecular complexity index is 493. The smallest absolute Gasteiger partial charge is 0.127 e. The number of nitrogens with two attached hydrogens (primary N) is 1. The summed E-state index contributed by atoms with van der Waals surface area (Å²) in [7, 11) is 0. The van der Waals surface area contributed by atoms with Gasteiger partial charge in [0, 0.05) is 12.0 Å². The molecule has 1 aliphatic carbocycles. The summed E-state index contributed by atoms with van der Waals surface area (Å²) < 4.78 is 5.83. The van der Waals surface area contributed by atoms with Crippen molar-refractivity contribution in [3.8, 4) is 5.75 Å². The van der Waals surface area contributed by atoms with E-state index in [1.165, 1.54) is 11.1 Å². The molecular formula is C16H24N2O. The minimum Gasteiger partial charge on any atom is -0.493 e. The van der Waals surface area contributed by atoms with E-state index in [1.807, 2.05) is 0 Å². The van der Waals surface area contributed by atoms with E-state index in [2.05, 4.69) is 51.3 Å². The van der Waals surface area contributed by atoms with Crippen molar-refractivity contribution in [1.29, 1.82) is 0 Å². The zero-order chi connectivity index (χ0) is 13.8. The Balaban J connectivity index is 2.00. The van der Waals surface area contributed by atoms with E-state index < -0.39 is 0 Å². The normalized spacial score (nSPS) is 24.7. The number of benzene rings is 1. The van der Waals surface area contributed by atoms with Crippen LogP contribution in [0.4, 0.5) is 0 Å². The van der Waals surface area contributed by atoms with Gasteiger partial charge in [0.2, 0.25) is 0 Å². The first kappa shape index (κ1) is 12.9. The average molecular weight is 260 g/mol. The van der Waals surface area contributed by atoms with E-state index in [0.29, 0.717) is 16.7 Å². The Hall–Kier alpha value is -1.06. The lowest BCUT2D eigenvalue weighted by Crippen LogP contribution is -2.31. The molecule has 1 aromatic carbocycles. The zero-order valence-corrected chi connectivity index (χ0v) is 12.3. The van der Waals surface area contributed by atoms with Gasteiger partial charge in [0.25, 0.3) is 0 Å². The third kappa shape index (κ3) is 1.65. The van der Waals surface area contributed by atoms with Crippen LogP contribution in [0.1, 0.15) is 44.9 Å². The number of hydrogen-bond donors (Lipinski definition) is 2. The fraction of sp³-hybridized carbons (Fsp3) is 0.625. The minimum absolute atomic E-state index is 0.165. The van der Waals surface area contributed by atoms with Crippen LogP contribution in [0, 0.1) is 16.7 Å². The molecule has 0 bridgehead atoms. The maximum atomic E-state index is 5.88. The minimum atomic E-state index is 0.165. The largest absolute Gasteiger partial charge is 0.493 e. The van der Waals surface area contributed by atoms with Gasteiger partial charge in [-0.2, -0.15) is 0 Å². The Morgan fingerprint density at radius 1 is 1.26 bits per heavy atom. The number of nitrogens with one attached hydrogen (secondary N) is 1. The zero-order valence-electron chi connectivity index (χ0n) is 12.3. The molecule has 19 heavy (non-hydrogen) atoms. The monoisotopic (exact) mass is 260 g/mol. The van der Waals surface area contributed by atoms with Gasteiger partial charge in [-0.25, -0.2) is 0 Å². The van der Waals surface area contributed by atoms with Gasteiger partial charge in [-0.1, -0.05) is 45.9 Å². The van der Waals surface area contributed by atoms with E-state index in [0.717, 1.165) is 18.8 Å². The van der Waals surface area contributed by atoms with Crippen molar-refractivity contribution in [2.45, 2.75) is 40.2 Å². The van der Waals surface area contributed by atoms with Crippen LogP contribution in [0.15, 0.2) is 18.2 Å². The van der Waals surface area contributed by atoms with Gasteiger partial charge in [0.05, 0.1) is 12.6 Å². The lowest BCUT2D eigenvalue weighted by Gasteiger charge is -2.21. The molecule has 0 aromatic heterocycles. The van der Waals surface area contributed by atoms with E-state index in [1.54, 1.807) is 0 Å². The van der Waals surface area contributed by atoms with Crippen LogP contribution in [-0.4, -0.2) is 6.61 Å². The third-order valence-electron chi connectivity index (χ3n) is 5.73. The summed E-state index contributed by atoms with van der Waals surface area (Å²) in [5.74, 6) is 7.46. The molecule has 1 saturated carbocycles. The maximum absolute atomic E-state index is 5.88. The first-order valence-electron chi connectivity index (χ1n) is 7.12. The van der Waals surface area contributed by atoms with Crippen molar-refractivity contribution in [1.82, 2.24) is 5.43 Å². The molecule has 1 unspecified atom stereocenters. The molecule has 1 heterocycles. The predicted molar refractivity (Wildman–Crippen MR) is 76.8 cm³/mol. The van der Waals surface area contributed by atoms with Gasteiger partial charge in [-0.05, 0) is 22.3 Å². The highest BCUT2D eigenvalue weighted by Crippen LogP contribution is 2.72. The summed E-state index contributed by atoms with van der Waals surface area (Å²) in [5.41, 5.74) is 6.17. The maximum Gasteiger partial charge on any atom is 0.127 e. The van der Waals surface area contributed by atoms with Gasteiger partial charge in [0.15, 0.2) is 0 Å². The second kappa shape index (κ2) is 3.97. The van der Waals surface area contributed by atoms with Gasteiger partial charge < -0.3 is 4.74 Å². The summed E-state index contributed by atoms with van der Waals surface area (Å²) >= 11 is 0. The highest BCUT2D eigenvalue weighted by Gasteiger charge is 2.67. The number of hydrogen-bond acceptors (Lipinski definition) is 3. The van der Waals surface area contributed by atoms with E-state index in [9.17, 15) is 0 Å². The van der Waals surface area contributed by atoms with Crippen molar-refractivity contribution in [2.75, 3.05) is 6.61 Å². The number of para-hydroxylation sites is 1.